The van der Waals surface area contributed by atoms with E-state index in [4.69, 9.17) is 16.4 Å². The van der Waals surface area contributed by atoms with E-state index in [0.717, 1.165) is 23.8 Å². The summed E-state index contributed by atoms with van der Waals surface area (Å²) in [6.07, 6.45) is 7.39. The first kappa shape index (κ1) is 23.6. The minimum absolute atomic E-state index is 0.493. The highest BCUT2D eigenvalue weighted by Crippen LogP contribution is 2.15. The Bertz CT molecular complexity index is 475. The lowest BCUT2D eigenvalue weighted by Crippen LogP contribution is -2.23. The number of hydrogen-bond acceptors (Lipinski definition) is 2. The van der Waals surface area contributed by atoms with Crippen LogP contribution in [0.4, 0.5) is 0 Å². The van der Waals surface area contributed by atoms with Crippen LogP contribution in [0.5, 0.6) is 0 Å². The Labute approximate surface area is 146 Å². The molecule has 1 rings (SSSR count). The Hall–Kier alpha value is -1.64. The van der Waals surface area contributed by atoms with Crippen LogP contribution in [-0.4, -0.2) is 19.4 Å². The Morgan fingerprint density at radius 1 is 1.26 bits per heavy atom. The number of carbonyl (C=O) groups excluding carboxylic acids is 1. The first-order valence-electron chi connectivity index (χ1n) is 7.87. The van der Waals surface area contributed by atoms with Crippen LogP contribution < -0.4 is 5.32 Å². The van der Waals surface area contributed by atoms with Crippen LogP contribution in [0, 0.1) is 0 Å². The quantitative estimate of drug-likeness (QED) is 0.557. The summed E-state index contributed by atoms with van der Waals surface area (Å²) in [4.78, 5) is 8.81. The van der Waals surface area contributed by atoms with Crippen molar-refractivity contribution in [3.05, 3.63) is 65.7 Å². The third kappa shape index (κ3) is 12.6. The van der Waals surface area contributed by atoms with Crippen LogP contribution >= 0.6 is 11.6 Å². The summed E-state index contributed by atoms with van der Waals surface area (Å²) >= 11 is 5.45. The molecule has 1 aromatic rings. The lowest BCUT2D eigenvalue weighted by Gasteiger charge is -2.10. The van der Waals surface area contributed by atoms with Gasteiger partial charge in [-0.1, -0.05) is 74.5 Å². The van der Waals surface area contributed by atoms with Crippen molar-refractivity contribution in [2.45, 2.75) is 40.2 Å². The number of aldehydes is 1. The highest BCUT2D eigenvalue weighted by molar-refractivity contribution is 6.25. The Morgan fingerprint density at radius 3 is 2.22 bits per heavy atom. The van der Waals surface area contributed by atoms with Gasteiger partial charge in [0.25, 0.3) is 0 Å². The average molecular weight is 336 g/mol. The second-order valence-corrected chi connectivity index (χ2v) is 4.78. The smallest absolute Gasteiger partial charge is 0.116 e. The van der Waals surface area contributed by atoms with E-state index >= 15 is 0 Å². The normalized spacial score (nSPS) is 11.2. The monoisotopic (exact) mass is 335 g/mol. The minimum atomic E-state index is 0.493. The topological polar surface area (TPSA) is 29.1 Å². The van der Waals surface area contributed by atoms with E-state index in [-0.39, 0.29) is 0 Å². The molecule has 2 nitrogen and oxygen atoms in total. The summed E-state index contributed by atoms with van der Waals surface area (Å²) in [7, 11) is 1.98. The molecule has 0 saturated carbocycles. The second-order valence-electron chi connectivity index (χ2n) is 4.53. The molecule has 3 heteroatoms. The van der Waals surface area contributed by atoms with Gasteiger partial charge < -0.3 is 10.1 Å². The van der Waals surface area contributed by atoms with Crippen molar-refractivity contribution >= 4 is 23.5 Å². The average Bonchev–Trinajstić information content (AvgIpc) is 2.58. The van der Waals surface area contributed by atoms with E-state index in [9.17, 15) is 0 Å². The number of carbonyl (C=O) groups is 1. The van der Waals surface area contributed by atoms with E-state index in [1.165, 1.54) is 18.0 Å². The van der Waals surface area contributed by atoms with Crippen molar-refractivity contribution in [2.24, 2.45) is 0 Å². The molecule has 1 aromatic carbocycles. The predicted molar refractivity (Wildman–Crippen MR) is 105 cm³/mol. The summed E-state index contributed by atoms with van der Waals surface area (Å²) in [5.41, 5.74) is 4.93. The van der Waals surface area contributed by atoms with Crippen LogP contribution in [0.3, 0.4) is 0 Å². The highest BCUT2D eigenvalue weighted by atomic mass is 35.5. The van der Waals surface area contributed by atoms with Crippen molar-refractivity contribution in [3.8, 4) is 0 Å². The van der Waals surface area contributed by atoms with Crippen LogP contribution in [0.15, 0.2) is 54.6 Å². The van der Waals surface area contributed by atoms with Crippen LogP contribution in [-0.2, 0) is 11.2 Å². The zero-order chi connectivity index (χ0) is 18.1. The molecule has 0 fully saturated rings. The molecule has 128 valence electrons. The molecule has 0 aliphatic heterocycles. The van der Waals surface area contributed by atoms with Crippen molar-refractivity contribution in [2.75, 3.05) is 7.05 Å². The second kappa shape index (κ2) is 16.7. The Balaban J connectivity index is 0. The third-order valence-corrected chi connectivity index (χ3v) is 2.99. The van der Waals surface area contributed by atoms with Crippen molar-refractivity contribution < 1.29 is 4.79 Å². The Kier molecular flexibility index (Phi) is 17.2. The maximum Gasteiger partial charge on any atom is 0.116 e. The van der Waals surface area contributed by atoms with E-state index in [1.54, 1.807) is 6.08 Å². The maximum atomic E-state index is 8.81. The van der Waals surface area contributed by atoms with Gasteiger partial charge in [-0.2, -0.15) is 0 Å². The molecule has 0 saturated heterocycles. The molecule has 23 heavy (non-hydrogen) atoms. The molecule has 1 atom stereocenters. The molecule has 0 bridgehead atoms. The predicted octanol–water partition coefficient (Wildman–Crippen LogP) is 5.39. The van der Waals surface area contributed by atoms with E-state index in [1.807, 2.05) is 33.0 Å². The molecular weight excluding hydrogens is 306 g/mol. The molecule has 0 aliphatic rings. The largest absolute Gasteiger partial charge is 0.317 e. The van der Waals surface area contributed by atoms with Gasteiger partial charge in [-0.05, 0) is 44.0 Å². The van der Waals surface area contributed by atoms with E-state index in [2.05, 4.69) is 43.1 Å². The van der Waals surface area contributed by atoms with Crippen molar-refractivity contribution in [1.82, 2.24) is 5.32 Å². The minimum Gasteiger partial charge on any atom is -0.317 e. The summed E-state index contributed by atoms with van der Waals surface area (Å²) in [6, 6.07) is 9.01. The summed E-state index contributed by atoms with van der Waals surface area (Å²) < 4.78 is 0. The van der Waals surface area contributed by atoms with Gasteiger partial charge in [0, 0.05) is 11.6 Å². The number of likely N-dealkylation sites (N-methyl/N-ethyl adjacent to an activating group) is 1. The number of allylic oxidation sites excluding steroid dienone is 4. The van der Waals surface area contributed by atoms with Crippen LogP contribution in [0.2, 0.25) is 0 Å². The van der Waals surface area contributed by atoms with Crippen molar-refractivity contribution in [3.63, 3.8) is 0 Å². The SMILES string of the molecule is C=C(/C=C\C=C/Cl)c1ccc(C[C@@H](C)NC)cc1.CC.CC=O. The maximum absolute atomic E-state index is 8.81. The zero-order valence-corrected chi connectivity index (χ0v) is 15.7. The molecule has 0 spiro atoms. The highest BCUT2D eigenvalue weighted by Gasteiger charge is 2.01. The molecule has 0 unspecified atom stereocenters. The first-order chi connectivity index (χ1) is 11.1. The summed E-state index contributed by atoms with van der Waals surface area (Å²) in [6.45, 7) is 11.6. The zero-order valence-electron chi connectivity index (χ0n) is 15.0. The van der Waals surface area contributed by atoms with Crippen molar-refractivity contribution in [1.29, 1.82) is 0 Å². The van der Waals surface area contributed by atoms with Crippen LogP contribution in [0.25, 0.3) is 5.57 Å². The summed E-state index contributed by atoms with van der Waals surface area (Å²) in [5.74, 6) is 0. The fourth-order valence-electron chi connectivity index (χ4n) is 1.62. The molecule has 0 radical (unpaired) electrons. The van der Waals surface area contributed by atoms with Gasteiger partial charge in [-0.3, -0.25) is 0 Å². The first-order valence-corrected chi connectivity index (χ1v) is 8.31. The lowest BCUT2D eigenvalue weighted by molar-refractivity contribution is -0.106. The summed E-state index contributed by atoms with van der Waals surface area (Å²) in [5, 5.41) is 3.24. The van der Waals surface area contributed by atoms with E-state index < -0.39 is 0 Å². The van der Waals surface area contributed by atoms with Gasteiger partial charge >= 0.3 is 0 Å². The number of rotatable bonds is 6. The third-order valence-electron chi connectivity index (χ3n) is 2.84. The van der Waals surface area contributed by atoms with Gasteiger partial charge in [-0.15, -0.1) is 0 Å². The molecule has 0 heterocycles. The number of benzene rings is 1. The molecule has 0 amide bonds. The number of halogens is 1. The fraction of sp³-hybridized carbons (Fsp3) is 0.350. The molecule has 0 aromatic heterocycles. The molecular formula is C20H30ClNO. The number of hydrogen-bond donors (Lipinski definition) is 1. The molecule has 1 N–H and O–H groups in total. The van der Waals surface area contributed by atoms with Gasteiger partial charge in [0.2, 0.25) is 0 Å². The number of nitrogens with one attached hydrogen (secondary N) is 1. The lowest BCUT2D eigenvalue weighted by atomic mass is 10.0. The van der Waals surface area contributed by atoms with Crippen LogP contribution in [0.1, 0.15) is 38.8 Å². The van der Waals surface area contributed by atoms with Gasteiger partial charge in [0.05, 0.1) is 0 Å². The van der Waals surface area contributed by atoms with E-state index in [0.29, 0.717) is 6.04 Å². The fourth-order valence-corrected chi connectivity index (χ4v) is 1.70. The van der Waals surface area contributed by atoms with Gasteiger partial charge in [0.1, 0.15) is 6.29 Å². The standard InChI is InChI=1S/C16H20ClN.C2H4O.C2H6/c1-13(6-4-5-11-17)16-9-7-15(8-10-16)12-14(2)18-3;1-2-3;1-2/h4-11,14,18H,1,12H2,2-3H3;2H,1H3;1-2H3/b6-4-,11-5-;;/t14-;;/m1../s1. The Morgan fingerprint density at radius 2 is 1.78 bits per heavy atom. The van der Waals surface area contributed by atoms with Gasteiger partial charge in [0.15, 0.2) is 0 Å². The van der Waals surface area contributed by atoms with Gasteiger partial charge in [-0.25, -0.2) is 0 Å². The molecule has 0 aliphatic carbocycles.